The first-order chi connectivity index (χ1) is 13.5. The number of hydrogen-bond acceptors (Lipinski definition) is 3. The van der Waals surface area contributed by atoms with Crippen LogP contribution in [0.1, 0.15) is 45.7 Å². The van der Waals surface area contributed by atoms with Gasteiger partial charge in [0.1, 0.15) is 0 Å². The average Bonchev–Trinajstić information content (AvgIpc) is 3.02. The normalized spacial score (nSPS) is 17.0. The van der Waals surface area contributed by atoms with E-state index >= 15 is 0 Å². The molecule has 0 bridgehead atoms. The van der Waals surface area contributed by atoms with Crippen molar-refractivity contribution >= 4 is 10.0 Å². The van der Waals surface area contributed by atoms with Crippen LogP contribution in [-0.4, -0.2) is 37.7 Å². The molecule has 0 aromatic heterocycles. The molecule has 1 aliphatic carbocycles. The Kier molecular flexibility index (Phi) is 6.08. The highest BCUT2D eigenvalue weighted by Gasteiger charge is 2.31. The maximum absolute atomic E-state index is 13.1. The Hall–Kier alpha value is -1.90. The lowest BCUT2D eigenvalue weighted by atomic mass is 9.96. The number of nitrogens with zero attached hydrogens (tertiary/aromatic N) is 1. The third kappa shape index (κ3) is 4.99. The lowest BCUT2D eigenvalue weighted by Crippen LogP contribution is -2.27. The molecular formula is C21H24F3NO3S. The molecule has 0 radical (unpaired) electrons. The molecule has 0 fully saturated rings. The minimum atomic E-state index is -4.47. The number of aliphatic hydroxyl groups excluding tert-OH is 1. The quantitative estimate of drug-likeness (QED) is 0.765. The predicted octanol–water partition coefficient (Wildman–Crippen LogP) is 3.71. The summed E-state index contributed by atoms with van der Waals surface area (Å²) in [5.74, 6) is -0.0131. The molecule has 0 heterocycles. The second-order valence-electron chi connectivity index (χ2n) is 7.70. The average molecular weight is 427 g/mol. The molecule has 2 aromatic rings. The number of alkyl halides is 3. The first-order valence-electron chi connectivity index (χ1n) is 9.32. The number of hydrogen-bond donors (Lipinski definition) is 1. The summed E-state index contributed by atoms with van der Waals surface area (Å²) in [6, 6.07) is 9.35. The van der Waals surface area contributed by atoms with Crippen molar-refractivity contribution in [2.45, 2.75) is 38.0 Å². The molecule has 1 aliphatic rings. The summed E-state index contributed by atoms with van der Waals surface area (Å²) in [5.41, 5.74) is 2.85. The van der Waals surface area contributed by atoms with Crippen LogP contribution in [0.2, 0.25) is 0 Å². The first kappa shape index (κ1) is 21.8. The molecule has 8 heteroatoms. The molecule has 3 rings (SSSR count). The van der Waals surface area contributed by atoms with Crippen LogP contribution in [0.3, 0.4) is 0 Å². The van der Waals surface area contributed by atoms with Gasteiger partial charge >= 0.3 is 6.18 Å². The van der Waals surface area contributed by atoms with Crippen molar-refractivity contribution in [3.05, 3.63) is 69.8 Å². The van der Waals surface area contributed by atoms with Gasteiger partial charge in [0.05, 0.1) is 17.9 Å². The van der Waals surface area contributed by atoms with E-state index in [4.69, 9.17) is 0 Å². The summed E-state index contributed by atoms with van der Waals surface area (Å²) in [6.45, 7) is -0.455. The summed E-state index contributed by atoms with van der Waals surface area (Å²) in [5, 5.41) is 9.29. The largest absolute Gasteiger partial charge is 0.416 e. The number of halogens is 3. The van der Waals surface area contributed by atoms with Gasteiger partial charge in [-0.05, 0) is 65.1 Å². The number of sulfonamides is 1. The van der Waals surface area contributed by atoms with Crippen LogP contribution in [0, 0.1) is 0 Å². The van der Waals surface area contributed by atoms with E-state index in [0.29, 0.717) is 12.0 Å². The van der Waals surface area contributed by atoms with Crippen LogP contribution in [0.15, 0.2) is 36.4 Å². The maximum atomic E-state index is 13.1. The molecule has 1 unspecified atom stereocenters. The fourth-order valence-corrected chi connectivity index (χ4v) is 4.95. The maximum Gasteiger partial charge on any atom is 0.416 e. The summed E-state index contributed by atoms with van der Waals surface area (Å²) in [6.07, 6.45) is -2.67. The van der Waals surface area contributed by atoms with Gasteiger partial charge in [-0.3, -0.25) is 0 Å². The molecule has 0 aliphatic heterocycles. The van der Waals surface area contributed by atoms with Gasteiger partial charge in [-0.2, -0.15) is 13.2 Å². The van der Waals surface area contributed by atoms with Gasteiger partial charge in [-0.15, -0.1) is 0 Å². The second kappa shape index (κ2) is 8.08. The van der Waals surface area contributed by atoms with Gasteiger partial charge in [0.25, 0.3) is 0 Å². The molecule has 2 aromatic carbocycles. The van der Waals surface area contributed by atoms with E-state index in [0.717, 1.165) is 41.7 Å². The summed E-state index contributed by atoms with van der Waals surface area (Å²) >= 11 is 0. The van der Waals surface area contributed by atoms with E-state index in [-0.39, 0.29) is 17.2 Å². The Morgan fingerprint density at radius 2 is 1.76 bits per heavy atom. The van der Waals surface area contributed by atoms with Crippen molar-refractivity contribution in [1.29, 1.82) is 0 Å². The number of fused-ring (bicyclic) bond motifs is 1. The Morgan fingerprint density at radius 1 is 1.07 bits per heavy atom. The van der Waals surface area contributed by atoms with Gasteiger partial charge in [0.2, 0.25) is 10.0 Å². The fourth-order valence-electron chi connectivity index (χ4n) is 3.80. The minimum Gasteiger partial charge on any atom is -0.392 e. The molecule has 0 spiro atoms. The van der Waals surface area contributed by atoms with E-state index in [9.17, 15) is 26.7 Å². The molecule has 4 nitrogen and oxygen atoms in total. The van der Waals surface area contributed by atoms with Crippen molar-refractivity contribution in [3.8, 4) is 0 Å². The number of benzene rings is 2. The molecule has 29 heavy (non-hydrogen) atoms. The monoisotopic (exact) mass is 427 g/mol. The highest BCUT2D eigenvalue weighted by molar-refractivity contribution is 7.89. The standard InChI is InChI=1S/C21H24F3NO3S/c1-25(2)29(27,28)13-18-5-4-17-9-14(3-6-20(17)18)7-15-8-16(12-26)11-19(10-15)21(22,23)24/h3,6,8-11,18,26H,4-5,7,12-13H2,1-2H3. The van der Waals surface area contributed by atoms with Crippen LogP contribution in [0.4, 0.5) is 13.2 Å². The van der Waals surface area contributed by atoms with Crippen LogP contribution >= 0.6 is 0 Å². The van der Waals surface area contributed by atoms with Crippen molar-refractivity contribution in [2.24, 2.45) is 0 Å². The molecule has 0 saturated heterocycles. The lowest BCUT2D eigenvalue weighted by Gasteiger charge is -2.16. The predicted molar refractivity (Wildman–Crippen MR) is 105 cm³/mol. The Morgan fingerprint density at radius 3 is 2.38 bits per heavy atom. The zero-order valence-corrected chi connectivity index (χ0v) is 17.1. The first-order valence-corrected chi connectivity index (χ1v) is 10.9. The van der Waals surface area contributed by atoms with Crippen molar-refractivity contribution in [3.63, 3.8) is 0 Å². The highest BCUT2D eigenvalue weighted by Crippen LogP contribution is 2.36. The minimum absolute atomic E-state index is 0.0554. The van der Waals surface area contributed by atoms with Gasteiger partial charge < -0.3 is 5.11 Å². The number of aryl methyl sites for hydroxylation is 1. The van der Waals surface area contributed by atoms with E-state index < -0.39 is 28.4 Å². The van der Waals surface area contributed by atoms with E-state index in [2.05, 4.69) is 0 Å². The SMILES string of the molecule is CN(C)S(=O)(=O)CC1CCc2cc(Cc3cc(CO)cc(C(F)(F)F)c3)ccc21. The van der Waals surface area contributed by atoms with E-state index in [1.54, 1.807) is 6.07 Å². The van der Waals surface area contributed by atoms with Crippen molar-refractivity contribution in [2.75, 3.05) is 19.8 Å². The molecule has 158 valence electrons. The summed E-state index contributed by atoms with van der Waals surface area (Å²) in [7, 11) is -0.271. The van der Waals surface area contributed by atoms with Crippen LogP contribution in [-0.2, 0) is 35.6 Å². The molecule has 0 amide bonds. The zero-order valence-electron chi connectivity index (χ0n) is 16.3. The fraction of sp³-hybridized carbons (Fsp3) is 0.429. The van der Waals surface area contributed by atoms with E-state index in [1.165, 1.54) is 18.4 Å². The zero-order chi connectivity index (χ0) is 21.4. The molecule has 1 N–H and O–H groups in total. The number of rotatable bonds is 6. The summed E-state index contributed by atoms with van der Waals surface area (Å²) in [4.78, 5) is 0. The van der Waals surface area contributed by atoms with E-state index in [1.807, 2.05) is 18.2 Å². The van der Waals surface area contributed by atoms with Gasteiger partial charge in [-0.1, -0.05) is 24.3 Å². The lowest BCUT2D eigenvalue weighted by molar-refractivity contribution is -0.137. The van der Waals surface area contributed by atoms with Crippen LogP contribution < -0.4 is 0 Å². The second-order valence-corrected chi connectivity index (χ2v) is 9.93. The van der Waals surface area contributed by atoms with Crippen LogP contribution in [0.25, 0.3) is 0 Å². The Labute approximate surface area is 169 Å². The number of aliphatic hydroxyl groups is 1. The Bertz CT molecular complexity index is 1000. The van der Waals surface area contributed by atoms with Gasteiger partial charge in [0, 0.05) is 14.1 Å². The highest BCUT2D eigenvalue weighted by atomic mass is 32.2. The third-order valence-electron chi connectivity index (χ3n) is 5.35. The van der Waals surface area contributed by atoms with Crippen molar-refractivity contribution in [1.82, 2.24) is 4.31 Å². The van der Waals surface area contributed by atoms with Gasteiger partial charge in [0.15, 0.2) is 0 Å². The molecule has 1 atom stereocenters. The molecular weight excluding hydrogens is 403 g/mol. The van der Waals surface area contributed by atoms with Crippen molar-refractivity contribution < 1.29 is 26.7 Å². The Balaban J connectivity index is 1.83. The topological polar surface area (TPSA) is 57.6 Å². The smallest absolute Gasteiger partial charge is 0.392 e. The third-order valence-corrected chi connectivity index (χ3v) is 7.28. The van der Waals surface area contributed by atoms with Gasteiger partial charge in [-0.25, -0.2) is 12.7 Å². The van der Waals surface area contributed by atoms with Crippen LogP contribution in [0.5, 0.6) is 0 Å². The molecule has 0 saturated carbocycles. The summed E-state index contributed by atoms with van der Waals surface area (Å²) < 4.78 is 64.9.